The van der Waals surface area contributed by atoms with Crippen LogP contribution in [0.3, 0.4) is 0 Å². The van der Waals surface area contributed by atoms with Crippen molar-refractivity contribution in [2.75, 3.05) is 13.7 Å². The molecule has 114 valence electrons. The molecule has 0 aliphatic heterocycles. The Labute approximate surface area is 131 Å². The molecular weight excluding hydrogens is 280 g/mol. The number of methoxy groups -OCH3 is 1. The summed E-state index contributed by atoms with van der Waals surface area (Å²) < 4.78 is 5.32. The number of aryl methyl sites for hydroxylation is 2. The van der Waals surface area contributed by atoms with Gasteiger partial charge >= 0.3 is 0 Å². The molecule has 4 heteroatoms. The first-order valence-electron chi connectivity index (χ1n) is 7.42. The fraction of sp³-hybridized carbons (Fsp3) is 0.471. The zero-order chi connectivity index (χ0) is 15.4. The van der Waals surface area contributed by atoms with Gasteiger partial charge in [0.25, 0.3) is 0 Å². The first kappa shape index (κ1) is 16.0. The van der Waals surface area contributed by atoms with Gasteiger partial charge in [0.1, 0.15) is 10.8 Å². The van der Waals surface area contributed by atoms with Crippen LogP contribution in [0.5, 0.6) is 5.75 Å². The Kier molecular flexibility index (Phi) is 5.37. The molecule has 0 amide bonds. The van der Waals surface area contributed by atoms with Gasteiger partial charge in [0.15, 0.2) is 0 Å². The zero-order valence-electron chi connectivity index (χ0n) is 13.5. The van der Waals surface area contributed by atoms with Crippen LogP contribution in [-0.2, 0) is 0 Å². The minimum atomic E-state index is 0.357. The maximum atomic E-state index is 5.32. The molecule has 2 aromatic rings. The number of thiazole rings is 1. The van der Waals surface area contributed by atoms with Crippen LogP contribution < -0.4 is 10.1 Å². The number of hydrogen-bond donors (Lipinski definition) is 1. The topological polar surface area (TPSA) is 34.1 Å². The van der Waals surface area contributed by atoms with E-state index >= 15 is 0 Å². The van der Waals surface area contributed by atoms with Crippen molar-refractivity contribution in [2.24, 2.45) is 0 Å². The van der Waals surface area contributed by atoms with E-state index in [9.17, 15) is 0 Å². The summed E-state index contributed by atoms with van der Waals surface area (Å²) in [6.45, 7) is 9.59. The summed E-state index contributed by atoms with van der Waals surface area (Å²) in [5, 5.41) is 4.62. The first-order valence-corrected chi connectivity index (χ1v) is 8.24. The maximum absolute atomic E-state index is 5.32. The minimum Gasteiger partial charge on any atom is -0.496 e. The molecule has 0 saturated carbocycles. The summed E-state index contributed by atoms with van der Waals surface area (Å²) in [5.41, 5.74) is 3.43. The van der Waals surface area contributed by atoms with E-state index in [0.717, 1.165) is 40.5 Å². The molecule has 0 aliphatic carbocycles. The van der Waals surface area contributed by atoms with Gasteiger partial charge in [-0.15, -0.1) is 11.3 Å². The fourth-order valence-corrected chi connectivity index (χ4v) is 3.49. The largest absolute Gasteiger partial charge is 0.496 e. The molecule has 0 spiro atoms. The van der Waals surface area contributed by atoms with Crippen LogP contribution in [0.25, 0.3) is 10.6 Å². The van der Waals surface area contributed by atoms with E-state index < -0.39 is 0 Å². The third-order valence-corrected chi connectivity index (χ3v) is 4.96. The highest BCUT2D eigenvalue weighted by molar-refractivity contribution is 7.15. The first-order chi connectivity index (χ1) is 10.1. The lowest BCUT2D eigenvalue weighted by Gasteiger charge is -2.11. The Balaban J connectivity index is 2.27. The molecule has 0 aliphatic rings. The molecule has 1 heterocycles. The van der Waals surface area contributed by atoms with E-state index in [4.69, 9.17) is 9.72 Å². The van der Waals surface area contributed by atoms with Crippen molar-refractivity contribution in [2.45, 2.75) is 40.2 Å². The van der Waals surface area contributed by atoms with Gasteiger partial charge in [0.05, 0.1) is 12.8 Å². The Morgan fingerprint density at radius 2 is 2.10 bits per heavy atom. The zero-order valence-corrected chi connectivity index (χ0v) is 14.3. The lowest BCUT2D eigenvalue weighted by molar-refractivity contribution is 0.412. The van der Waals surface area contributed by atoms with Gasteiger partial charge in [-0.1, -0.05) is 6.92 Å². The maximum Gasteiger partial charge on any atom is 0.123 e. The predicted molar refractivity (Wildman–Crippen MR) is 90.3 cm³/mol. The lowest BCUT2D eigenvalue weighted by Crippen LogP contribution is -2.18. The third-order valence-electron chi connectivity index (χ3n) is 3.57. The smallest absolute Gasteiger partial charge is 0.123 e. The highest BCUT2D eigenvalue weighted by atomic mass is 32.1. The standard InChI is InChI=1S/C17H24N2OS/c1-6-9-18-12(3)16-13(4)19-17(21-16)14-7-8-15(20-5)11(2)10-14/h7-8,10,12,18H,6,9H2,1-5H3. The second-order valence-electron chi connectivity index (χ2n) is 5.33. The van der Waals surface area contributed by atoms with E-state index in [1.807, 2.05) is 6.07 Å². The molecule has 1 aromatic carbocycles. The number of hydrogen-bond acceptors (Lipinski definition) is 4. The third kappa shape index (κ3) is 3.63. The van der Waals surface area contributed by atoms with Gasteiger partial charge in [-0.2, -0.15) is 0 Å². The van der Waals surface area contributed by atoms with Crippen LogP contribution in [0.4, 0.5) is 0 Å². The second kappa shape index (κ2) is 7.05. The van der Waals surface area contributed by atoms with Gasteiger partial charge in [0.2, 0.25) is 0 Å². The molecule has 0 fully saturated rings. The van der Waals surface area contributed by atoms with Gasteiger partial charge in [-0.05, 0) is 57.5 Å². The highest BCUT2D eigenvalue weighted by Gasteiger charge is 2.15. The van der Waals surface area contributed by atoms with Gasteiger partial charge in [-0.25, -0.2) is 4.98 Å². The summed E-state index contributed by atoms with van der Waals surface area (Å²) in [7, 11) is 1.70. The van der Waals surface area contributed by atoms with Crippen molar-refractivity contribution in [3.63, 3.8) is 0 Å². The molecule has 1 aromatic heterocycles. The molecule has 1 N–H and O–H groups in total. The summed E-state index contributed by atoms with van der Waals surface area (Å²) in [6, 6.07) is 6.60. The normalized spacial score (nSPS) is 12.4. The quantitative estimate of drug-likeness (QED) is 0.853. The Morgan fingerprint density at radius 1 is 1.33 bits per heavy atom. The van der Waals surface area contributed by atoms with Crippen LogP contribution >= 0.6 is 11.3 Å². The molecule has 2 rings (SSSR count). The fourth-order valence-electron chi connectivity index (χ4n) is 2.40. The molecule has 21 heavy (non-hydrogen) atoms. The number of ether oxygens (including phenoxy) is 1. The number of benzene rings is 1. The van der Waals surface area contributed by atoms with Crippen molar-refractivity contribution in [1.29, 1.82) is 0 Å². The number of rotatable bonds is 6. The number of nitrogens with one attached hydrogen (secondary N) is 1. The Bertz CT molecular complexity index is 607. The van der Waals surface area contributed by atoms with Crippen molar-refractivity contribution in [1.82, 2.24) is 10.3 Å². The van der Waals surface area contributed by atoms with E-state index in [0.29, 0.717) is 6.04 Å². The van der Waals surface area contributed by atoms with E-state index in [2.05, 4.69) is 45.1 Å². The van der Waals surface area contributed by atoms with Crippen LogP contribution in [0.2, 0.25) is 0 Å². The Hall–Kier alpha value is -1.39. The molecular formula is C17H24N2OS. The van der Waals surface area contributed by atoms with Crippen molar-refractivity contribution >= 4 is 11.3 Å². The van der Waals surface area contributed by atoms with Crippen molar-refractivity contribution in [3.8, 4) is 16.3 Å². The molecule has 0 radical (unpaired) electrons. The molecule has 0 saturated heterocycles. The molecule has 3 nitrogen and oxygen atoms in total. The van der Waals surface area contributed by atoms with Crippen LogP contribution in [0, 0.1) is 13.8 Å². The van der Waals surface area contributed by atoms with Crippen molar-refractivity contribution in [3.05, 3.63) is 34.3 Å². The average molecular weight is 304 g/mol. The average Bonchev–Trinajstić information content (AvgIpc) is 2.86. The predicted octanol–water partition coefficient (Wildman–Crippen LogP) is 4.50. The van der Waals surface area contributed by atoms with Gasteiger partial charge in [0, 0.05) is 16.5 Å². The van der Waals surface area contributed by atoms with E-state index in [-0.39, 0.29) is 0 Å². The molecule has 1 unspecified atom stereocenters. The monoisotopic (exact) mass is 304 g/mol. The Morgan fingerprint density at radius 3 is 2.71 bits per heavy atom. The lowest BCUT2D eigenvalue weighted by atomic mass is 10.1. The van der Waals surface area contributed by atoms with Gasteiger partial charge < -0.3 is 10.1 Å². The summed E-state index contributed by atoms with van der Waals surface area (Å²) in [5.74, 6) is 0.922. The van der Waals surface area contributed by atoms with Gasteiger partial charge in [-0.3, -0.25) is 0 Å². The summed E-state index contributed by atoms with van der Waals surface area (Å²) in [4.78, 5) is 6.07. The number of aromatic nitrogens is 1. The molecule has 0 bridgehead atoms. The number of nitrogens with zero attached hydrogens (tertiary/aromatic N) is 1. The molecule has 1 atom stereocenters. The highest BCUT2D eigenvalue weighted by Crippen LogP contribution is 2.33. The van der Waals surface area contributed by atoms with Crippen LogP contribution in [0.15, 0.2) is 18.2 Å². The van der Waals surface area contributed by atoms with Crippen LogP contribution in [0.1, 0.15) is 42.4 Å². The van der Waals surface area contributed by atoms with E-state index in [1.54, 1.807) is 18.4 Å². The SMILES string of the molecule is CCCNC(C)c1sc(-c2ccc(OC)c(C)c2)nc1C. The van der Waals surface area contributed by atoms with E-state index in [1.165, 1.54) is 4.88 Å². The summed E-state index contributed by atoms with van der Waals surface area (Å²) >= 11 is 1.78. The van der Waals surface area contributed by atoms with Crippen molar-refractivity contribution < 1.29 is 4.74 Å². The van der Waals surface area contributed by atoms with Crippen LogP contribution in [-0.4, -0.2) is 18.6 Å². The minimum absolute atomic E-state index is 0.357. The second-order valence-corrected chi connectivity index (χ2v) is 6.36. The summed E-state index contributed by atoms with van der Waals surface area (Å²) in [6.07, 6.45) is 1.15.